The first-order valence-electron chi connectivity index (χ1n) is 8.83. The molecule has 0 bridgehead atoms. The smallest absolute Gasteiger partial charge is 0.242 e. The molecule has 3 rings (SSSR count). The van der Waals surface area contributed by atoms with Gasteiger partial charge in [-0.1, -0.05) is 37.1 Å². The maximum absolute atomic E-state index is 12.4. The third kappa shape index (κ3) is 3.74. The Kier molecular flexibility index (Phi) is 4.99. The molecule has 0 radical (unpaired) electrons. The molecular weight excluding hydrogens is 288 g/mol. The molecule has 2 amide bonds. The van der Waals surface area contributed by atoms with Crippen molar-refractivity contribution in [2.24, 2.45) is 5.92 Å². The molecule has 2 atom stereocenters. The molecule has 2 N–H and O–H groups in total. The highest BCUT2D eigenvalue weighted by Gasteiger charge is 2.27. The van der Waals surface area contributed by atoms with E-state index < -0.39 is 6.04 Å². The highest BCUT2D eigenvalue weighted by atomic mass is 16.2. The lowest BCUT2D eigenvalue weighted by Crippen LogP contribution is -2.47. The molecule has 0 aliphatic heterocycles. The zero-order valence-corrected chi connectivity index (χ0v) is 13.8. The third-order valence-corrected chi connectivity index (χ3v) is 5.16. The lowest BCUT2D eigenvalue weighted by Gasteiger charge is -2.28. The molecule has 0 heterocycles. The summed E-state index contributed by atoms with van der Waals surface area (Å²) in [6.07, 6.45) is 7.29. The molecule has 2 aliphatic carbocycles. The molecule has 23 heavy (non-hydrogen) atoms. The standard InChI is InChI=1S/C19H26N2O2/c1-13(20-19(23)15-8-2-3-9-15)18(22)21-17-12-6-10-14-7-4-5-11-16(14)17/h4-5,7,11,13,15,17H,2-3,6,8-10,12H2,1H3,(H,20,23)(H,21,22)/t13-,17-/m1/s1. The average Bonchev–Trinajstić information content (AvgIpc) is 3.09. The normalized spacial score (nSPS) is 22.2. The van der Waals surface area contributed by atoms with Gasteiger partial charge in [-0.25, -0.2) is 0 Å². The van der Waals surface area contributed by atoms with Crippen molar-refractivity contribution in [1.82, 2.24) is 10.6 Å². The zero-order valence-electron chi connectivity index (χ0n) is 13.8. The Morgan fingerprint density at radius 1 is 1.09 bits per heavy atom. The fourth-order valence-corrected chi connectivity index (χ4v) is 3.79. The molecule has 4 nitrogen and oxygen atoms in total. The van der Waals surface area contributed by atoms with Crippen LogP contribution in [0.5, 0.6) is 0 Å². The van der Waals surface area contributed by atoms with Crippen LogP contribution >= 0.6 is 0 Å². The molecule has 0 spiro atoms. The van der Waals surface area contributed by atoms with Gasteiger partial charge in [-0.2, -0.15) is 0 Å². The maximum Gasteiger partial charge on any atom is 0.242 e. The molecular formula is C19H26N2O2. The van der Waals surface area contributed by atoms with Crippen molar-refractivity contribution in [1.29, 1.82) is 0 Å². The molecule has 1 aromatic carbocycles. The summed E-state index contributed by atoms with van der Waals surface area (Å²) in [4.78, 5) is 24.6. The highest BCUT2D eigenvalue weighted by Crippen LogP contribution is 2.29. The van der Waals surface area contributed by atoms with Crippen LogP contribution in [0.3, 0.4) is 0 Å². The van der Waals surface area contributed by atoms with E-state index in [2.05, 4.69) is 22.8 Å². The SMILES string of the molecule is C[C@@H](NC(=O)C1CCCC1)C(=O)N[C@@H]1CCCc2ccccc21. The lowest BCUT2D eigenvalue weighted by atomic mass is 9.87. The van der Waals surface area contributed by atoms with Crippen LogP contribution in [-0.4, -0.2) is 17.9 Å². The highest BCUT2D eigenvalue weighted by molar-refractivity contribution is 5.88. The van der Waals surface area contributed by atoms with Crippen LogP contribution < -0.4 is 10.6 Å². The first-order chi connectivity index (χ1) is 11.1. The summed E-state index contributed by atoms with van der Waals surface area (Å²) < 4.78 is 0. The van der Waals surface area contributed by atoms with Crippen molar-refractivity contribution in [3.8, 4) is 0 Å². The Bertz CT molecular complexity index is 578. The van der Waals surface area contributed by atoms with Gasteiger partial charge in [0.2, 0.25) is 11.8 Å². The number of benzene rings is 1. The monoisotopic (exact) mass is 314 g/mol. The second-order valence-electron chi connectivity index (χ2n) is 6.86. The van der Waals surface area contributed by atoms with Crippen molar-refractivity contribution < 1.29 is 9.59 Å². The summed E-state index contributed by atoms with van der Waals surface area (Å²) >= 11 is 0. The van der Waals surface area contributed by atoms with Crippen LogP contribution in [0, 0.1) is 5.92 Å². The minimum atomic E-state index is -0.475. The number of fused-ring (bicyclic) bond motifs is 1. The minimum absolute atomic E-state index is 0.0363. The van der Waals surface area contributed by atoms with E-state index in [1.807, 2.05) is 12.1 Å². The number of nitrogens with one attached hydrogen (secondary N) is 2. The number of aryl methyl sites for hydroxylation is 1. The van der Waals surface area contributed by atoms with E-state index >= 15 is 0 Å². The van der Waals surface area contributed by atoms with Crippen molar-refractivity contribution in [2.75, 3.05) is 0 Å². The van der Waals surface area contributed by atoms with Crippen LogP contribution in [0.1, 0.15) is 62.6 Å². The summed E-state index contributed by atoms with van der Waals surface area (Å²) in [5, 5.41) is 6.00. The Balaban J connectivity index is 1.57. The summed E-state index contributed by atoms with van der Waals surface area (Å²) in [6, 6.07) is 7.90. The number of hydrogen-bond acceptors (Lipinski definition) is 2. The predicted molar refractivity (Wildman–Crippen MR) is 89.8 cm³/mol. The molecule has 124 valence electrons. The molecule has 0 saturated heterocycles. The zero-order chi connectivity index (χ0) is 16.2. The van der Waals surface area contributed by atoms with Gasteiger partial charge in [0, 0.05) is 5.92 Å². The van der Waals surface area contributed by atoms with Gasteiger partial charge in [0.05, 0.1) is 6.04 Å². The molecule has 2 aliphatic rings. The Labute approximate surface area is 138 Å². The van der Waals surface area contributed by atoms with Crippen LogP contribution in [0.4, 0.5) is 0 Å². The second-order valence-corrected chi connectivity index (χ2v) is 6.86. The van der Waals surface area contributed by atoms with E-state index in [4.69, 9.17) is 0 Å². The molecule has 1 aromatic rings. The maximum atomic E-state index is 12.4. The summed E-state index contributed by atoms with van der Waals surface area (Å²) in [5.74, 6) is 0.0490. The lowest BCUT2D eigenvalue weighted by molar-refractivity contribution is -0.131. The van der Waals surface area contributed by atoms with E-state index in [0.717, 1.165) is 44.9 Å². The summed E-state index contributed by atoms with van der Waals surface area (Å²) in [7, 11) is 0. The van der Waals surface area contributed by atoms with Crippen LogP contribution in [0.25, 0.3) is 0 Å². The third-order valence-electron chi connectivity index (χ3n) is 5.16. The summed E-state index contributed by atoms with van der Waals surface area (Å²) in [5.41, 5.74) is 2.55. The molecule has 0 unspecified atom stereocenters. The molecule has 0 aromatic heterocycles. The van der Waals surface area contributed by atoms with Crippen LogP contribution in [-0.2, 0) is 16.0 Å². The van der Waals surface area contributed by atoms with Crippen molar-refractivity contribution in [3.63, 3.8) is 0 Å². The van der Waals surface area contributed by atoms with E-state index in [0.29, 0.717) is 0 Å². The van der Waals surface area contributed by atoms with Crippen LogP contribution in [0.2, 0.25) is 0 Å². The molecule has 1 fully saturated rings. The van der Waals surface area contributed by atoms with Crippen molar-refractivity contribution in [2.45, 2.75) is 64.0 Å². The van der Waals surface area contributed by atoms with Gasteiger partial charge in [0.1, 0.15) is 6.04 Å². The average molecular weight is 314 g/mol. The topological polar surface area (TPSA) is 58.2 Å². The van der Waals surface area contributed by atoms with Gasteiger partial charge in [-0.3, -0.25) is 9.59 Å². The fraction of sp³-hybridized carbons (Fsp3) is 0.579. The van der Waals surface area contributed by atoms with Gasteiger partial charge < -0.3 is 10.6 Å². The van der Waals surface area contributed by atoms with Gasteiger partial charge in [-0.05, 0) is 50.2 Å². The van der Waals surface area contributed by atoms with Gasteiger partial charge in [-0.15, -0.1) is 0 Å². The van der Waals surface area contributed by atoms with E-state index in [1.54, 1.807) is 6.92 Å². The van der Waals surface area contributed by atoms with Crippen molar-refractivity contribution >= 4 is 11.8 Å². The number of carbonyl (C=O) groups excluding carboxylic acids is 2. The number of hydrogen-bond donors (Lipinski definition) is 2. The Morgan fingerprint density at radius 2 is 1.83 bits per heavy atom. The van der Waals surface area contributed by atoms with Gasteiger partial charge in [0.25, 0.3) is 0 Å². The van der Waals surface area contributed by atoms with E-state index in [9.17, 15) is 9.59 Å². The van der Waals surface area contributed by atoms with E-state index in [1.165, 1.54) is 11.1 Å². The first kappa shape index (κ1) is 16.0. The fourth-order valence-electron chi connectivity index (χ4n) is 3.79. The predicted octanol–water partition coefficient (Wildman–Crippen LogP) is 2.88. The number of rotatable bonds is 4. The quantitative estimate of drug-likeness (QED) is 0.898. The Morgan fingerprint density at radius 3 is 2.61 bits per heavy atom. The first-order valence-corrected chi connectivity index (χ1v) is 8.83. The van der Waals surface area contributed by atoms with E-state index in [-0.39, 0.29) is 23.8 Å². The van der Waals surface area contributed by atoms with Crippen LogP contribution in [0.15, 0.2) is 24.3 Å². The molecule has 1 saturated carbocycles. The number of amides is 2. The number of carbonyl (C=O) groups is 2. The Hall–Kier alpha value is -1.84. The second kappa shape index (κ2) is 7.16. The van der Waals surface area contributed by atoms with Gasteiger partial charge in [0.15, 0.2) is 0 Å². The minimum Gasteiger partial charge on any atom is -0.348 e. The largest absolute Gasteiger partial charge is 0.348 e. The van der Waals surface area contributed by atoms with Gasteiger partial charge >= 0.3 is 0 Å². The molecule has 4 heteroatoms. The van der Waals surface area contributed by atoms with Crippen molar-refractivity contribution in [3.05, 3.63) is 35.4 Å². The summed E-state index contributed by atoms with van der Waals surface area (Å²) in [6.45, 7) is 1.77.